The van der Waals surface area contributed by atoms with Gasteiger partial charge in [0.1, 0.15) is 0 Å². The molecule has 0 saturated carbocycles. The third kappa shape index (κ3) is 2.85. The van der Waals surface area contributed by atoms with Crippen molar-refractivity contribution in [3.8, 4) is 0 Å². The molecule has 2 nitrogen and oxygen atoms in total. The van der Waals surface area contributed by atoms with Gasteiger partial charge in [-0.1, -0.05) is 48.6 Å². The van der Waals surface area contributed by atoms with Crippen molar-refractivity contribution in [3.63, 3.8) is 0 Å². The third-order valence-corrected chi connectivity index (χ3v) is 4.95. The zero-order valence-corrected chi connectivity index (χ0v) is 13.8. The van der Waals surface area contributed by atoms with E-state index in [4.69, 9.17) is 4.74 Å². The molecular weight excluding hydrogens is 270 g/mol. The normalized spacial score (nSPS) is 38.1. The standard InChI is InChI=1S/C20H27NO/c1-4-5-6-10-15(2)21-17-12-9-14-20(3)19(17)16-11-7-8-13-18(16)22-20/h4-7,9-12,14-16,18-19,21H,8,13H2,1-3H3/b5-4-,10-6-. The second-order valence-corrected chi connectivity index (χ2v) is 6.73. The first kappa shape index (κ1) is 15.4. The molecule has 1 N–H and O–H groups in total. The summed E-state index contributed by atoms with van der Waals surface area (Å²) in [5.41, 5.74) is 1.13. The van der Waals surface area contributed by atoms with Crippen LogP contribution in [-0.4, -0.2) is 17.7 Å². The first-order valence-corrected chi connectivity index (χ1v) is 8.44. The molecule has 1 saturated heterocycles. The van der Waals surface area contributed by atoms with Crippen molar-refractivity contribution in [2.45, 2.75) is 51.4 Å². The molecule has 5 unspecified atom stereocenters. The maximum Gasteiger partial charge on any atom is 0.0930 e. The topological polar surface area (TPSA) is 21.3 Å². The minimum Gasteiger partial charge on any atom is -0.382 e. The molecule has 2 heteroatoms. The van der Waals surface area contributed by atoms with E-state index in [1.807, 2.05) is 13.0 Å². The van der Waals surface area contributed by atoms with Gasteiger partial charge < -0.3 is 10.1 Å². The van der Waals surface area contributed by atoms with Gasteiger partial charge in [0.2, 0.25) is 0 Å². The Bertz CT molecular complexity index is 554. The average molecular weight is 297 g/mol. The van der Waals surface area contributed by atoms with Crippen LogP contribution in [0, 0.1) is 11.8 Å². The largest absolute Gasteiger partial charge is 0.382 e. The van der Waals surface area contributed by atoms with Crippen LogP contribution in [0.15, 0.2) is 60.4 Å². The second-order valence-electron chi connectivity index (χ2n) is 6.73. The molecular formula is C20H27NO. The molecule has 0 aromatic carbocycles. The quantitative estimate of drug-likeness (QED) is 0.617. The molecule has 1 aliphatic heterocycles. The summed E-state index contributed by atoms with van der Waals surface area (Å²) in [5.74, 6) is 0.894. The summed E-state index contributed by atoms with van der Waals surface area (Å²) in [7, 11) is 0. The van der Waals surface area contributed by atoms with Gasteiger partial charge in [0.05, 0.1) is 11.7 Å². The number of nitrogens with one attached hydrogen (secondary N) is 1. The fourth-order valence-corrected chi connectivity index (χ4v) is 3.97. The summed E-state index contributed by atoms with van der Waals surface area (Å²) in [6.07, 6.45) is 22.3. The molecule has 3 aliphatic rings. The zero-order chi connectivity index (χ0) is 15.6. The summed E-state index contributed by atoms with van der Waals surface area (Å²) in [4.78, 5) is 0. The monoisotopic (exact) mass is 297 g/mol. The first-order valence-electron chi connectivity index (χ1n) is 8.44. The average Bonchev–Trinajstić information content (AvgIpc) is 2.80. The Morgan fingerprint density at radius 1 is 1.41 bits per heavy atom. The number of rotatable bonds is 4. The predicted molar refractivity (Wildman–Crippen MR) is 92.4 cm³/mol. The second kappa shape index (κ2) is 6.29. The smallest absolute Gasteiger partial charge is 0.0930 e. The van der Waals surface area contributed by atoms with Gasteiger partial charge >= 0.3 is 0 Å². The van der Waals surface area contributed by atoms with Crippen LogP contribution in [0.5, 0.6) is 0 Å². The number of hydrogen-bond donors (Lipinski definition) is 1. The zero-order valence-electron chi connectivity index (χ0n) is 13.8. The van der Waals surface area contributed by atoms with Crippen LogP contribution in [0.2, 0.25) is 0 Å². The molecule has 22 heavy (non-hydrogen) atoms. The fourth-order valence-electron chi connectivity index (χ4n) is 3.97. The lowest BCUT2D eigenvalue weighted by Crippen LogP contribution is -2.40. The van der Waals surface area contributed by atoms with E-state index < -0.39 is 0 Å². The maximum atomic E-state index is 6.42. The van der Waals surface area contributed by atoms with Crippen LogP contribution in [0.3, 0.4) is 0 Å². The van der Waals surface area contributed by atoms with Crippen molar-refractivity contribution in [1.29, 1.82) is 0 Å². The SMILES string of the molecule is C/C=C\C=C/C(C)NC1=CC=CC2(C)OC3CCC=CC3C12. The Hall–Kier alpha value is -1.54. The van der Waals surface area contributed by atoms with Crippen molar-refractivity contribution < 1.29 is 4.74 Å². The lowest BCUT2D eigenvalue weighted by atomic mass is 9.73. The molecule has 0 bridgehead atoms. The van der Waals surface area contributed by atoms with Crippen LogP contribution in [0.25, 0.3) is 0 Å². The van der Waals surface area contributed by atoms with Crippen molar-refractivity contribution in [1.82, 2.24) is 5.32 Å². The van der Waals surface area contributed by atoms with Gasteiger partial charge in [-0.3, -0.25) is 0 Å². The molecule has 5 atom stereocenters. The molecule has 3 rings (SSSR count). The Kier molecular flexibility index (Phi) is 4.39. The molecule has 0 radical (unpaired) electrons. The van der Waals surface area contributed by atoms with E-state index in [2.05, 4.69) is 67.8 Å². The molecule has 0 amide bonds. The van der Waals surface area contributed by atoms with E-state index in [0.29, 0.717) is 24.0 Å². The van der Waals surface area contributed by atoms with E-state index in [9.17, 15) is 0 Å². The highest BCUT2D eigenvalue weighted by molar-refractivity contribution is 5.33. The summed E-state index contributed by atoms with van der Waals surface area (Å²) >= 11 is 0. The highest BCUT2D eigenvalue weighted by atomic mass is 16.5. The number of hydrogen-bond acceptors (Lipinski definition) is 2. The van der Waals surface area contributed by atoms with Gasteiger partial charge in [-0.2, -0.15) is 0 Å². The van der Waals surface area contributed by atoms with Crippen LogP contribution in [0.1, 0.15) is 33.6 Å². The van der Waals surface area contributed by atoms with Gasteiger partial charge in [-0.15, -0.1) is 0 Å². The number of allylic oxidation sites excluding steroid dienone is 6. The molecule has 118 valence electrons. The Balaban J connectivity index is 1.79. The highest BCUT2D eigenvalue weighted by Gasteiger charge is 2.52. The summed E-state index contributed by atoms with van der Waals surface area (Å²) in [5, 5.41) is 3.68. The van der Waals surface area contributed by atoms with E-state index in [-0.39, 0.29) is 5.60 Å². The van der Waals surface area contributed by atoms with Crippen LogP contribution < -0.4 is 5.32 Å². The van der Waals surface area contributed by atoms with Crippen molar-refractivity contribution in [3.05, 3.63) is 60.4 Å². The lowest BCUT2D eigenvalue weighted by molar-refractivity contribution is -0.0127. The molecule has 1 fully saturated rings. The molecule has 2 aliphatic carbocycles. The highest BCUT2D eigenvalue weighted by Crippen LogP contribution is 2.49. The van der Waals surface area contributed by atoms with Gasteiger partial charge in [-0.25, -0.2) is 0 Å². The third-order valence-electron chi connectivity index (χ3n) is 4.95. The Labute approximate surface area is 134 Å². The van der Waals surface area contributed by atoms with Gasteiger partial charge in [0.25, 0.3) is 0 Å². The molecule has 0 aromatic rings. The van der Waals surface area contributed by atoms with Crippen LogP contribution >= 0.6 is 0 Å². The summed E-state index contributed by atoms with van der Waals surface area (Å²) < 4.78 is 6.42. The van der Waals surface area contributed by atoms with E-state index in [1.54, 1.807) is 0 Å². The van der Waals surface area contributed by atoms with Crippen molar-refractivity contribution >= 4 is 0 Å². The molecule has 0 aromatic heterocycles. The summed E-state index contributed by atoms with van der Waals surface area (Å²) in [6, 6.07) is 0.310. The fraction of sp³-hybridized carbons (Fsp3) is 0.500. The van der Waals surface area contributed by atoms with E-state index in [0.717, 1.165) is 12.8 Å². The van der Waals surface area contributed by atoms with E-state index in [1.165, 1.54) is 5.70 Å². The maximum absolute atomic E-state index is 6.42. The van der Waals surface area contributed by atoms with Crippen LogP contribution in [-0.2, 0) is 4.74 Å². The Morgan fingerprint density at radius 3 is 3.09 bits per heavy atom. The predicted octanol–water partition coefficient (Wildman–Crippen LogP) is 4.29. The number of fused-ring (bicyclic) bond motifs is 3. The number of ether oxygens (including phenoxy) is 1. The van der Waals surface area contributed by atoms with E-state index >= 15 is 0 Å². The molecule has 1 heterocycles. The molecule has 0 spiro atoms. The summed E-state index contributed by atoms with van der Waals surface area (Å²) in [6.45, 7) is 6.46. The van der Waals surface area contributed by atoms with Gasteiger partial charge in [-0.05, 0) is 39.7 Å². The minimum atomic E-state index is -0.173. The Morgan fingerprint density at radius 2 is 2.27 bits per heavy atom. The minimum absolute atomic E-state index is 0.173. The lowest BCUT2D eigenvalue weighted by Gasteiger charge is -2.35. The van der Waals surface area contributed by atoms with Crippen molar-refractivity contribution in [2.75, 3.05) is 0 Å². The van der Waals surface area contributed by atoms with Gasteiger partial charge in [0, 0.05) is 23.6 Å². The van der Waals surface area contributed by atoms with Crippen LogP contribution in [0.4, 0.5) is 0 Å². The van der Waals surface area contributed by atoms with Gasteiger partial charge in [0.15, 0.2) is 0 Å². The van der Waals surface area contributed by atoms with Crippen molar-refractivity contribution in [2.24, 2.45) is 11.8 Å². The first-order chi connectivity index (χ1) is 10.6.